The van der Waals surface area contributed by atoms with Gasteiger partial charge in [-0.1, -0.05) is 23.7 Å². The Morgan fingerprint density at radius 3 is 2.78 bits per heavy atom. The normalized spacial score (nSPS) is 14.6. The van der Waals surface area contributed by atoms with Crippen molar-refractivity contribution in [1.82, 2.24) is 19.5 Å². The van der Waals surface area contributed by atoms with Gasteiger partial charge in [0.15, 0.2) is 5.65 Å². The highest BCUT2D eigenvalue weighted by Gasteiger charge is 2.23. The summed E-state index contributed by atoms with van der Waals surface area (Å²) >= 11 is 6.08. The summed E-state index contributed by atoms with van der Waals surface area (Å²) in [5, 5.41) is 5.04. The lowest BCUT2D eigenvalue weighted by Gasteiger charge is -2.13. The maximum Gasteiger partial charge on any atom is 0.259 e. The molecule has 0 atom stereocenters. The van der Waals surface area contributed by atoms with Gasteiger partial charge in [0.05, 0.1) is 11.9 Å². The number of nitrogens with zero attached hydrogens (tertiary/aromatic N) is 4. The van der Waals surface area contributed by atoms with Crippen LogP contribution in [0.15, 0.2) is 42.7 Å². The highest BCUT2D eigenvalue weighted by atomic mass is 35.5. The lowest BCUT2D eigenvalue weighted by molar-refractivity contribution is 0.0794. The van der Waals surface area contributed by atoms with Crippen molar-refractivity contribution < 1.29 is 4.79 Å². The van der Waals surface area contributed by atoms with Gasteiger partial charge in [-0.3, -0.25) is 4.79 Å². The maximum atomic E-state index is 12.6. The molecule has 0 unspecified atom stereocenters. The monoisotopic (exact) mass is 326 g/mol. The Labute approximate surface area is 138 Å². The smallest absolute Gasteiger partial charge is 0.259 e. The van der Waals surface area contributed by atoms with Crippen LogP contribution in [-0.4, -0.2) is 38.5 Å². The molecule has 1 fully saturated rings. The molecule has 1 saturated heterocycles. The van der Waals surface area contributed by atoms with Gasteiger partial charge in [-0.15, -0.1) is 0 Å². The van der Waals surface area contributed by atoms with Crippen molar-refractivity contribution in [3.05, 3.63) is 53.3 Å². The summed E-state index contributed by atoms with van der Waals surface area (Å²) in [5.74, 6) is 0.00763. The van der Waals surface area contributed by atoms with E-state index in [1.165, 1.54) is 0 Å². The van der Waals surface area contributed by atoms with Crippen molar-refractivity contribution in [1.29, 1.82) is 0 Å². The Morgan fingerprint density at radius 1 is 1.17 bits per heavy atom. The molecule has 1 aliphatic heterocycles. The third-order valence-electron chi connectivity index (χ3n) is 4.15. The van der Waals surface area contributed by atoms with Crippen molar-refractivity contribution in [2.75, 3.05) is 13.1 Å². The number of fused-ring (bicyclic) bond motifs is 1. The topological polar surface area (TPSA) is 50.5 Å². The van der Waals surface area contributed by atoms with Gasteiger partial charge in [0.1, 0.15) is 5.56 Å². The molecule has 0 bridgehead atoms. The van der Waals surface area contributed by atoms with Crippen molar-refractivity contribution in [2.24, 2.45) is 0 Å². The van der Waals surface area contributed by atoms with E-state index in [1.54, 1.807) is 16.9 Å². The van der Waals surface area contributed by atoms with Gasteiger partial charge >= 0.3 is 0 Å². The molecule has 6 heteroatoms. The quantitative estimate of drug-likeness (QED) is 0.726. The van der Waals surface area contributed by atoms with Crippen molar-refractivity contribution >= 4 is 23.2 Å². The molecular formula is C17H15ClN4O. The molecule has 5 nitrogen and oxygen atoms in total. The zero-order valence-corrected chi connectivity index (χ0v) is 13.2. The third kappa shape index (κ3) is 2.47. The van der Waals surface area contributed by atoms with E-state index in [0.717, 1.165) is 37.2 Å². The average Bonchev–Trinajstić information content (AvgIpc) is 3.23. The first-order valence-electron chi connectivity index (χ1n) is 7.62. The Balaban J connectivity index is 1.82. The zero-order chi connectivity index (χ0) is 15.8. The van der Waals surface area contributed by atoms with Gasteiger partial charge in [0.2, 0.25) is 0 Å². The Morgan fingerprint density at radius 2 is 2.00 bits per heavy atom. The predicted molar refractivity (Wildman–Crippen MR) is 88.6 cm³/mol. The second-order valence-electron chi connectivity index (χ2n) is 5.63. The summed E-state index contributed by atoms with van der Waals surface area (Å²) in [6.07, 6.45) is 5.43. The number of halogens is 1. The van der Waals surface area contributed by atoms with Gasteiger partial charge in [-0.05, 0) is 31.0 Å². The van der Waals surface area contributed by atoms with Crippen LogP contribution >= 0.6 is 11.6 Å². The second kappa shape index (κ2) is 5.66. The standard InChI is InChI=1S/C17H15ClN4O/c18-13-5-3-4-12(10-13)15-6-7-19-16-14(11-20-22(15)16)17(23)21-8-1-2-9-21/h3-7,10-11H,1-2,8-9H2. The van der Waals surface area contributed by atoms with E-state index < -0.39 is 0 Å². The Bertz CT molecular complexity index is 883. The van der Waals surface area contributed by atoms with Crippen LogP contribution in [0.4, 0.5) is 0 Å². The molecule has 4 rings (SSSR count). The molecule has 0 aliphatic carbocycles. The van der Waals surface area contributed by atoms with Gasteiger partial charge in [0.25, 0.3) is 5.91 Å². The van der Waals surface area contributed by atoms with E-state index in [-0.39, 0.29) is 5.91 Å². The molecule has 116 valence electrons. The first-order chi connectivity index (χ1) is 11.2. The van der Waals surface area contributed by atoms with Gasteiger partial charge in [0, 0.05) is 29.9 Å². The molecule has 1 aliphatic rings. The highest BCUT2D eigenvalue weighted by Crippen LogP contribution is 2.24. The van der Waals surface area contributed by atoms with E-state index in [1.807, 2.05) is 35.2 Å². The fourth-order valence-corrected chi connectivity index (χ4v) is 3.19. The number of likely N-dealkylation sites (tertiary alicyclic amines) is 1. The fourth-order valence-electron chi connectivity index (χ4n) is 3.00. The van der Waals surface area contributed by atoms with Crippen LogP contribution < -0.4 is 0 Å². The van der Waals surface area contributed by atoms with Crippen LogP contribution in [0.5, 0.6) is 0 Å². The molecule has 1 aromatic carbocycles. The summed E-state index contributed by atoms with van der Waals surface area (Å²) in [6, 6.07) is 9.43. The number of rotatable bonds is 2. The van der Waals surface area contributed by atoms with E-state index in [9.17, 15) is 4.79 Å². The average molecular weight is 327 g/mol. The summed E-state index contributed by atoms with van der Waals surface area (Å²) in [5.41, 5.74) is 2.93. The summed E-state index contributed by atoms with van der Waals surface area (Å²) < 4.78 is 1.70. The molecule has 23 heavy (non-hydrogen) atoms. The summed E-state index contributed by atoms with van der Waals surface area (Å²) in [7, 11) is 0. The van der Waals surface area contributed by atoms with E-state index in [4.69, 9.17) is 11.6 Å². The van der Waals surface area contributed by atoms with Crippen LogP contribution in [-0.2, 0) is 0 Å². The third-order valence-corrected chi connectivity index (χ3v) is 4.38. The molecule has 3 heterocycles. The SMILES string of the molecule is O=C(c1cnn2c(-c3cccc(Cl)c3)ccnc12)N1CCCC1. The maximum absolute atomic E-state index is 12.6. The van der Waals surface area contributed by atoms with E-state index in [0.29, 0.717) is 16.2 Å². The predicted octanol–water partition coefficient (Wildman–Crippen LogP) is 3.29. The van der Waals surface area contributed by atoms with Crippen molar-refractivity contribution in [3.63, 3.8) is 0 Å². The first-order valence-corrected chi connectivity index (χ1v) is 8.00. The number of amides is 1. The van der Waals surface area contributed by atoms with Crippen LogP contribution in [0.25, 0.3) is 16.9 Å². The first kappa shape index (κ1) is 14.2. The van der Waals surface area contributed by atoms with Gasteiger partial charge in [-0.25, -0.2) is 9.50 Å². The van der Waals surface area contributed by atoms with Crippen LogP contribution in [0.1, 0.15) is 23.2 Å². The van der Waals surface area contributed by atoms with Crippen LogP contribution in [0, 0.1) is 0 Å². The van der Waals surface area contributed by atoms with Gasteiger partial charge in [-0.2, -0.15) is 5.10 Å². The molecule has 3 aromatic rings. The minimum Gasteiger partial charge on any atom is -0.338 e. The molecule has 0 radical (unpaired) electrons. The lowest BCUT2D eigenvalue weighted by Crippen LogP contribution is -2.27. The number of benzene rings is 1. The number of aromatic nitrogens is 3. The summed E-state index contributed by atoms with van der Waals surface area (Å²) in [6.45, 7) is 1.62. The fraction of sp³-hybridized carbons (Fsp3) is 0.235. The number of hydrogen-bond acceptors (Lipinski definition) is 3. The molecule has 1 amide bonds. The lowest BCUT2D eigenvalue weighted by atomic mass is 10.1. The van der Waals surface area contributed by atoms with Crippen molar-refractivity contribution in [3.8, 4) is 11.3 Å². The molecular weight excluding hydrogens is 312 g/mol. The minimum atomic E-state index is 0.00763. The zero-order valence-electron chi connectivity index (χ0n) is 12.4. The molecule has 0 N–H and O–H groups in total. The number of hydrogen-bond donors (Lipinski definition) is 0. The summed E-state index contributed by atoms with van der Waals surface area (Å²) in [4.78, 5) is 18.9. The van der Waals surface area contributed by atoms with Gasteiger partial charge < -0.3 is 4.90 Å². The largest absolute Gasteiger partial charge is 0.338 e. The number of carbonyl (C=O) groups is 1. The van der Waals surface area contributed by atoms with Crippen molar-refractivity contribution in [2.45, 2.75) is 12.8 Å². The molecule has 0 spiro atoms. The Kier molecular flexibility index (Phi) is 3.50. The minimum absolute atomic E-state index is 0.00763. The van der Waals surface area contributed by atoms with Crippen LogP contribution in [0.2, 0.25) is 5.02 Å². The Hall–Kier alpha value is -2.40. The van der Waals surface area contributed by atoms with Crippen LogP contribution in [0.3, 0.4) is 0 Å². The number of carbonyl (C=O) groups excluding carboxylic acids is 1. The highest BCUT2D eigenvalue weighted by molar-refractivity contribution is 6.30. The second-order valence-corrected chi connectivity index (χ2v) is 6.07. The molecule has 2 aromatic heterocycles. The van der Waals surface area contributed by atoms with E-state index >= 15 is 0 Å². The van der Waals surface area contributed by atoms with E-state index in [2.05, 4.69) is 10.1 Å². The molecule has 0 saturated carbocycles.